The zero-order valence-corrected chi connectivity index (χ0v) is 12.6. The van der Waals surface area contributed by atoms with Gasteiger partial charge in [0.05, 0.1) is 10.2 Å². The maximum absolute atomic E-state index is 6.24. The van der Waals surface area contributed by atoms with Crippen LogP contribution in [-0.4, -0.2) is 21.9 Å². The highest BCUT2D eigenvalue weighted by atomic mass is 35.5. The summed E-state index contributed by atoms with van der Waals surface area (Å²) >= 11 is 7.95. The van der Waals surface area contributed by atoms with Crippen molar-refractivity contribution in [3.63, 3.8) is 0 Å². The van der Waals surface area contributed by atoms with Crippen LogP contribution >= 0.6 is 22.9 Å². The van der Waals surface area contributed by atoms with Crippen LogP contribution in [-0.2, 0) is 0 Å². The third kappa shape index (κ3) is 2.84. The van der Waals surface area contributed by atoms with Crippen molar-refractivity contribution in [3.8, 4) is 0 Å². The molecule has 3 rings (SSSR count). The lowest BCUT2D eigenvalue weighted by Gasteiger charge is -2.25. The summed E-state index contributed by atoms with van der Waals surface area (Å²) in [6, 6.07) is 0. The number of alkyl halides is 1. The lowest BCUT2D eigenvalue weighted by molar-refractivity contribution is 0.378. The standard InChI is InChI=1S/C14H18ClN3S/c1-9-7-19-13-12(9)17-8-18-14(13)16-6-10-3-2-4-11(15)5-10/h7-8,10-11H,2-6H2,1H3,(H,16,17,18). The molecular formula is C14H18ClN3S. The maximum Gasteiger partial charge on any atom is 0.147 e. The molecule has 2 aromatic heterocycles. The summed E-state index contributed by atoms with van der Waals surface area (Å²) in [6.45, 7) is 3.06. The van der Waals surface area contributed by atoms with Crippen LogP contribution in [0.15, 0.2) is 11.7 Å². The van der Waals surface area contributed by atoms with E-state index in [9.17, 15) is 0 Å². The van der Waals surface area contributed by atoms with E-state index in [2.05, 4.69) is 27.6 Å². The van der Waals surface area contributed by atoms with Gasteiger partial charge in [-0.3, -0.25) is 0 Å². The quantitative estimate of drug-likeness (QED) is 0.862. The summed E-state index contributed by atoms with van der Waals surface area (Å²) in [5.41, 5.74) is 2.30. The topological polar surface area (TPSA) is 37.8 Å². The Labute approximate surface area is 122 Å². The predicted molar refractivity (Wildman–Crippen MR) is 82.2 cm³/mol. The van der Waals surface area contributed by atoms with E-state index >= 15 is 0 Å². The van der Waals surface area contributed by atoms with Crippen molar-refractivity contribution in [2.75, 3.05) is 11.9 Å². The van der Waals surface area contributed by atoms with Crippen LogP contribution in [0.4, 0.5) is 5.82 Å². The third-order valence-corrected chi connectivity index (χ3v) is 5.30. The average molecular weight is 296 g/mol. The van der Waals surface area contributed by atoms with E-state index in [1.54, 1.807) is 17.7 Å². The molecule has 102 valence electrons. The average Bonchev–Trinajstić information content (AvgIpc) is 2.79. The van der Waals surface area contributed by atoms with Crippen LogP contribution in [0.5, 0.6) is 0 Å². The first-order valence-electron chi connectivity index (χ1n) is 6.81. The molecule has 1 fully saturated rings. The molecule has 3 nitrogen and oxygen atoms in total. The largest absolute Gasteiger partial charge is 0.369 e. The Morgan fingerprint density at radius 2 is 2.32 bits per heavy atom. The zero-order chi connectivity index (χ0) is 13.2. The fraction of sp³-hybridized carbons (Fsp3) is 0.571. The van der Waals surface area contributed by atoms with Crippen molar-refractivity contribution in [2.45, 2.75) is 38.0 Å². The molecule has 1 N–H and O–H groups in total. The van der Waals surface area contributed by atoms with E-state index in [4.69, 9.17) is 11.6 Å². The molecule has 1 aliphatic rings. The molecular weight excluding hydrogens is 278 g/mol. The van der Waals surface area contributed by atoms with E-state index in [1.807, 2.05) is 0 Å². The predicted octanol–water partition coefficient (Wildman–Crippen LogP) is 4.21. The SMILES string of the molecule is Cc1csc2c(NCC3CCCC(Cl)C3)ncnc12. The van der Waals surface area contributed by atoms with Gasteiger partial charge in [0, 0.05) is 11.9 Å². The van der Waals surface area contributed by atoms with E-state index < -0.39 is 0 Å². The molecule has 2 aromatic rings. The molecule has 2 unspecified atom stereocenters. The highest BCUT2D eigenvalue weighted by molar-refractivity contribution is 7.18. The van der Waals surface area contributed by atoms with Gasteiger partial charge in [0.1, 0.15) is 12.1 Å². The molecule has 1 saturated carbocycles. The van der Waals surface area contributed by atoms with Gasteiger partial charge < -0.3 is 5.32 Å². The number of aromatic nitrogens is 2. The van der Waals surface area contributed by atoms with Crippen molar-refractivity contribution in [1.29, 1.82) is 0 Å². The number of anilines is 1. The van der Waals surface area contributed by atoms with Gasteiger partial charge in [0.15, 0.2) is 0 Å². The van der Waals surface area contributed by atoms with Crippen molar-refractivity contribution in [1.82, 2.24) is 9.97 Å². The number of nitrogens with one attached hydrogen (secondary N) is 1. The molecule has 0 aliphatic heterocycles. The molecule has 0 aromatic carbocycles. The highest BCUT2D eigenvalue weighted by Crippen LogP contribution is 2.31. The summed E-state index contributed by atoms with van der Waals surface area (Å²) in [4.78, 5) is 8.73. The summed E-state index contributed by atoms with van der Waals surface area (Å²) in [7, 11) is 0. The molecule has 1 aliphatic carbocycles. The van der Waals surface area contributed by atoms with E-state index in [0.29, 0.717) is 11.3 Å². The number of aryl methyl sites for hydroxylation is 1. The lowest BCUT2D eigenvalue weighted by atomic mass is 9.89. The van der Waals surface area contributed by atoms with E-state index in [-0.39, 0.29) is 0 Å². The van der Waals surface area contributed by atoms with Crippen LogP contribution in [0.25, 0.3) is 10.2 Å². The summed E-state index contributed by atoms with van der Waals surface area (Å²) in [5, 5.41) is 5.99. The smallest absolute Gasteiger partial charge is 0.147 e. The number of fused-ring (bicyclic) bond motifs is 1. The second-order valence-electron chi connectivity index (χ2n) is 5.33. The second kappa shape index (κ2) is 5.63. The van der Waals surface area contributed by atoms with Crippen LogP contribution in [0.3, 0.4) is 0 Å². The van der Waals surface area contributed by atoms with Gasteiger partial charge >= 0.3 is 0 Å². The number of rotatable bonds is 3. The van der Waals surface area contributed by atoms with E-state index in [1.165, 1.54) is 29.5 Å². The minimum absolute atomic E-state index is 0.356. The molecule has 0 bridgehead atoms. The van der Waals surface area contributed by atoms with Crippen molar-refractivity contribution >= 4 is 39.0 Å². The van der Waals surface area contributed by atoms with Crippen LogP contribution in [0, 0.1) is 12.8 Å². The first-order valence-corrected chi connectivity index (χ1v) is 8.12. The second-order valence-corrected chi connectivity index (χ2v) is 6.83. The Morgan fingerprint density at radius 3 is 3.16 bits per heavy atom. The molecule has 5 heteroatoms. The number of thiophene rings is 1. The Kier molecular flexibility index (Phi) is 3.89. The van der Waals surface area contributed by atoms with Crippen molar-refractivity contribution in [2.24, 2.45) is 5.92 Å². The van der Waals surface area contributed by atoms with Crippen LogP contribution < -0.4 is 5.32 Å². The van der Waals surface area contributed by atoms with Crippen LogP contribution in [0.1, 0.15) is 31.2 Å². The van der Waals surface area contributed by atoms with Crippen molar-refractivity contribution in [3.05, 3.63) is 17.3 Å². The van der Waals surface area contributed by atoms with Crippen LogP contribution in [0.2, 0.25) is 0 Å². The summed E-state index contributed by atoms with van der Waals surface area (Å²) < 4.78 is 1.17. The first kappa shape index (κ1) is 13.1. The van der Waals surface area contributed by atoms with Gasteiger partial charge in [-0.1, -0.05) is 6.42 Å². The van der Waals surface area contributed by atoms with Gasteiger partial charge in [0.2, 0.25) is 0 Å². The molecule has 2 heterocycles. The minimum atomic E-state index is 0.356. The molecule has 0 saturated heterocycles. The van der Waals surface area contributed by atoms with Gasteiger partial charge in [-0.05, 0) is 43.0 Å². The number of nitrogens with zero attached hydrogens (tertiary/aromatic N) is 2. The van der Waals surface area contributed by atoms with Gasteiger partial charge in [0.25, 0.3) is 0 Å². The normalized spacial score (nSPS) is 23.7. The number of hydrogen-bond acceptors (Lipinski definition) is 4. The summed E-state index contributed by atoms with van der Waals surface area (Å²) in [5.74, 6) is 1.64. The molecule has 0 spiro atoms. The molecule has 19 heavy (non-hydrogen) atoms. The Balaban J connectivity index is 1.71. The van der Waals surface area contributed by atoms with Gasteiger partial charge in [-0.15, -0.1) is 22.9 Å². The third-order valence-electron chi connectivity index (χ3n) is 3.81. The van der Waals surface area contributed by atoms with Crippen molar-refractivity contribution < 1.29 is 0 Å². The van der Waals surface area contributed by atoms with Gasteiger partial charge in [-0.2, -0.15) is 0 Å². The molecule has 2 atom stereocenters. The Hall–Kier alpha value is -0.870. The van der Waals surface area contributed by atoms with E-state index in [0.717, 1.165) is 24.3 Å². The first-order chi connectivity index (χ1) is 9.24. The zero-order valence-electron chi connectivity index (χ0n) is 11.0. The molecule has 0 amide bonds. The summed E-state index contributed by atoms with van der Waals surface area (Å²) in [6.07, 6.45) is 6.45. The number of hydrogen-bond donors (Lipinski definition) is 1. The monoisotopic (exact) mass is 295 g/mol. The number of halogens is 1. The van der Waals surface area contributed by atoms with Gasteiger partial charge in [-0.25, -0.2) is 9.97 Å². The fourth-order valence-electron chi connectivity index (χ4n) is 2.75. The Bertz CT molecular complexity index is 569. The lowest BCUT2D eigenvalue weighted by Crippen LogP contribution is -2.22. The maximum atomic E-state index is 6.24. The minimum Gasteiger partial charge on any atom is -0.369 e. The molecule has 0 radical (unpaired) electrons. The highest BCUT2D eigenvalue weighted by Gasteiger charge is 2.20. The Morgan fingerprint density at radius 1 is 1.42 bits per heavy atom. The fourth-order valence-corrected chi connectivity index (χ4v) is 4.12.